The average Bonchev–Trinajstić information content (AvgIpc) is 3.77. The molecular formula is C35H39ClN6O8. The van der Waals surface area contributed by atoms with Crippen LogP contribution in [0.25, 0.3) is 17.0 Å². The molecule has 1 aliphatic heterocycles. The molecule has 50 heavy (non-hydrogen) atoms. The fourth-order valence-corrected chi connectivity index (χ4v) is 6.19. The van der Waals surface area contributed by atoms with E-state index in [0.717, 1.165) is 0 Å². The minimum atomic E-state index is -0.662. The average molecular weight is 707 g/mol. The molecule has 0 unspecified atom stereocenters. The number of H-pyrrole nitrogens is 1. The molecule has 264 valence electrons. The normalized spacial score (nSPS) is 14.2. The van der Waals surface area contributed by atoms with E-state index in [2.05, 4.69) is 15.6 Å². The molecular weight excluding hydrogens is 668 g/mol. The zero-order valence-electron chi connectivity index (χ0n) is 29.0. The summed E-state index contributed by atoms with van der Waals surface area (Å²) in [4.78, 5) is 68.6. The molecule has 3 amide bonds. The number of aromatic nitrogens is 3. The number of halogens is 1. The standard InChI is InChI=1S/C35H39ClN6O8/c1-18-28(33(46)48-8)30-29-21(14-36)16-42(24(29)13-25(31(30)37-18)49-19(2)43)27(44)10-9-23-11-20(15-40(23)6)32(45)39-26-12-22(17-41(26)7)38-34(47)50-35(3,4)5/h9-13,15,17,21,37H,14,16H2,1-8H3,(H,38,47)(H,39,45)/b10-9+/t21-/m1/s1. The molecule has 15 heteroatoms. The topological polar surface area (TPSA) is 166 Å². The molecule has 1 atom stereocenters. The van der Waals surface area contributed by atoms with Gasteiger partial charge in [-0.3, -0.25) is 19.7 Å². The number of carbonyl (C=O) groups excluding carboxylic acids is 5. The highest BCUT2D eigenvalue weighted by molar-refractivity contribution is 6.20. The maximum atomic E-state index is 13.7. The van der Waals surface area contributed by atoms with Crippen molar-refractivity contribution in [1.82, 2.24) is 14.1 Å². The number of hydrogen-bond donors (Lipinski definition) is 3. The van der Waals surface area contributed by atoms with Crippen molar-refractivity contribution in [3.8, 4) is 5.75 Å². The van der Waals surface area contributed by atoms with E-state index in [0.29, 0.717) is 50.6 Å². The maximum Gasteiger partial charge on any atom is 0.412 e. The van der Waals surface area contributed by atoms with Gasteiger partial charge in [-0.25, -0.2) is 9.59 Å². The van der Waals surface area contributed by atoms with Crippen molar-refractivity contribution >= 4 is 75.6 Å². The van der Waals surface area contributed by atoms with Crippen LogP contribution in [0.2, 0.25) is 0 Å². The van der Waals surface area contributed by atoms with Crippen LogP contribution in [0.1, 0.15) is 71.3 Å². The van der Waals surface area contributed by atoms with E-state index >= 15 is 0 Å². The molecule has 14 nitrogen and oxygen atoms in total. The van der Waals surface area contributed by atoms with Gasteiger partial charge < -0.3 is 38.5 Å². The molecule has 1 aliphatic rings. The second-order valence-electron chi connectivity index (χ2n) is 13.0. The van der Waals surface area contributed by atoms with Crippen molar-refractivity contribution in [2.45, 2.75) is 46.1 Å². The van der Waals surface area contributed by atoms with Crippen LogP contribution in [-0.4, -0.2) is 69.1 Å². The van der Waals surface area contributed by atoms with Gasteiger partial charge in [-0.2, -0.15) is 0 Å². The number of esters is 2. The summed E-state index contributed by atoms with van der Waals surface area (Å²) < 4.78 is 19.2. The predicted molar refractivity (Wildman–Crippen MR) is 189 cm³/mol. The third-order valence-corrected chi connectivity index (χ3v) is 8.41. The lowest BCUT2D eigenvalue weighted by molar-refractivity contribution is -0.131. The minimum absolute atomic E-state index is 0.156. The lowest BCUT2D eigenvalue weighted by Crippen LogP contribution is -2.28. The van der Waals surface area contributed by atoms with E-state index in [1.165, 1.54) is 25.0 Å². The molecule has 3 aromatic heterocycles. The summed E-state index contributed by atoms with van der Waals surface area (Å²) in [5.41, 5.74) is 3.02. The summed E-state index contributed by atoms with van der Waals surface area (Å²) in [7, 11) is 4.74. The Morgan fingerprint density at radius 1 is 1.06 bits per heavy atom. The fraction of sp³-hybridized carbons (Fsp3) is 0.343. The lowest BCUT2D eigenvalue weighted by Gasteiger charge is -2.19. The van der Waals surface area contributed by atoms with E-state index in [-0.39, 0.29) is 35.6 Å². The van der Waals surface area contributed by atoms with Gasteiger partial charge in [0.25, 0.3) is 11.8 Å². The van der Waals surface area contributed by atoms with Crippen molar-refractivity contribution < 1.29 is 38.2 Å². The Balaban J connectivity index is 1.39. The van der Waals surface area contributed by atoms with Gasteiger partial charge in [0.05, 0.1) is 35.1 Å². The number of rotatable bonds is 8. The molecule has 0 fully saturated rings. The zero-order valence-corrected chi connectivity index (χ0v) is 29.8. The number of carbonyl (C=O) groups is 5. The number of aryl methyl sites for hydroxylation is 3. The van der Waals surface area contributed by atoms with Crippen molar-refractivity contribution in [3.05, 3.63) is 64.7 Å². The Labute approximate surface area is 293 Å². The van der Waals surface area contributed by atoms with Crippen LogP contribution in [0.15, 0.2) is 36.7 Å². The van der Waals surface area contributed by atoms with Gasteiger partial charge in [-0.15, -0.1) is 11.6 Å². The zero-order chi connectivity index (χ0) is 36.7. The van der Waals surface area contributed by atoms with Gasteiger partial charge in [0.15, 0.2) is 5.75 Å². The SMILES string of the molecule is COC(=O)c1c(C)[nH]c2c(OC(C)=O)cc3c(c12)[C@H](CCl)CN3C(=O)/C=C/c1cc(C(=O)Nc2cc(NC(=O)OC(C)(C)C)cn2C)cn1C. The first-order valence-electron chi connectivity index (χ1n) is 15.7. The fourth-order valence-electron chi connectivity index (χ4n) is 5.94. The molecule has 4 aromatic rings. The Bertz CT molecular complexity index is 2060. The highest BCUT2D eigenvalue weighted by Crippen LogP contribution is 2.47. The summed E-state index contributed by atoms with van der Waals surface area (Å²) in [6.45, 7) is 8.47. The van der Waals surface area contributed by atoms with Crippen LogP contribution in [0.3, 0.4) is 0 Å². The number of alkyl halides is 1. The highest BCUT2D eigenvalue weighted by atomic mass is 35.5. The molecule has 0 radical (unpaired) electrons. The smallest absolute Gasteiger partial charge is 0.412 e. The van der Waals surface area contributed by atoms with Crippen LogP contribution in [0.5, 0.6) is 5.75 Å². The molecule has 0 saturated heterocycles. The van der Waals surface area contributed by atoms with E-state index in [1.54, 1.807) is 87.6 Å². The van der Waals surface area contributed by atoms with Crippen LogP contribution >= 0.6 is 11.6 Å². The van der Waals surface area contributed by atoms with E-state index in [1.807, 2.05) is 0 Å². The monoisotopic (exact) mass is 706 g/mol. The van der Waals surface area contributed by atoms with Crippen molar-refractivity contribution in [2.24, 2.45) is 14.1 Å². The Kier molecular flexibility index (Phi) is 9.87. The van der Waals surface area contributed by atoms with Gasteiger partial charge in [-0.1, -0.05) is 0 Å². The first-order valence-corrected chi connectivity index (χ1v) is 16.2. The Morgan fingerprint density at radius 3 is 2.42 bits per heavy atom. The number of nitrogens with zero attached hydrogens (tertiary/aromatic N) is 3. The van der Waals surface area contributed by atoms with Crippen LogP contribution in [-0.2, 0) is 33.2 Å². The number of anilines is 3. The predicted octanol–water partition coefficient (Wildman–Crippen LogP) is 5.85. The summed E-state index contributed by atoms with van der Waals surface area (Å²) >= 11 is 6.41. The number of amides is 3. The largest absolute Gasteiger partial charge is 0.465 e. The third-order valence-electron chi connectivity index (χ3n) is 8.04. The number of ether oxygens (including phenoxy) is 3. The molecule has 3 N–H and O–H groups in total. The number of hydrogen-bond acceptors (Lipinski definition) is 8. The molecule has 4 heterocycles. The van der Waals surface area contributed by atoms with Crippen LogP contribution in [0.4, 0.5) is 22.0 Å². The van der Waals surface area contributed by atoms with Crippen LogP contribution in [0, 0.1) is 6.92 Å². The summed E-state index contributed by atoms with van der Waals surface area (Å²) in [6.07, 6.45) is 5.62. The molecule has 0 aliphatic carbocycles. The molecule has 1 aromatic carbocycles. The van der Waals surface area contributed by atoms with Crippen molar-refractivity contribution in [3.63, 3.8) is 0 Å². The molecule has 0 saturated carbocycles. The molecule has 0 bridgehead atoms. The summed E-state index contributed by atoms with van der Waals surface area (Å²) in [5, 5.41) is 5.96. The number of benzene rings is 1. The van der Waals surface area contributed by atoms with E-state index in [9.17, 15) is 24.0 Å². The second kappa shape index (κ2) is 13.8. The number of fused-ring (bicyclic) bond motifs is 3. The Hall–Kier alpha value is -5.50. The van der Waals surface area contributed by atoms with E-state index in [4.69, 9.17) is 25.8 Å². The summed E-state index contributed by atoms with van der Waals surface area (Å²) in [5.74, 6) is -1.53. The molecule has 0 spiro atoms. The van der Waals surface area contributed by atoms with Gasteiger partial charge in [0.1, 0.15) is 11.4 Å². The van der Waals surface area contributed by atoms with Gasteiger partial charge in [-0.05, 0) is 45.4 Å². The summed E-state index contributed by atoms with van der Waals surface area (Å²) in [6, 6.07) is 4.84. The molecule has 5 rings (SSSR count). The number of aromatic amines is 1. The quantitative estimate of drug-likeness (QED) is 0.0889. The van der Waals surface area contributed by atoms with Gasteiger partial charge in [0.2, 0.25) is 0 Å². The maximum absolute atomic E-state index is 13.7. The van der Waals surface area contributed by atoms with Crippen molar-refractivity contribution in [2.75, 3.05) is 35.1 Å². The van der Waals surface area contributed by atoms with Crippen LogP contribution < -0.4 is 20.3 Å². The van der Waals surface area contributed by atoms with Crippen molar-refractivity contribution in [1.29, 1.82) is 0 Å². The lowest BCUT2D eigenvalue weighted by atomic mass is 9.95. The number of methoxy groups -OCH3 is 1. The Morgan fingerprint density at radius 2 is 1.78 bits per heavy atom. The second-order valence-corrected chi connectivity index (χ2v) is 13.3. The number of nitrogens with one attached hydrogen (secondary N) is 3. The first kappa shape index (κ1) is 35.8. The minimum Gasteiger partial charge on any atom is -0.465 e. The first-order chi connectivity index (χ1) is 23.5. The van der Waals surface area contributed by atoms with Gasteiger partial charge >= 0.3 is 18.0 Å². The van der Waals surface area contributed by atoms with Gasteiger partial charge in [0, 0.05) is 86.7 Å². The third kappa shape index (κ3) is 7.25. The highest BCUT2D eigenvalue weighted by Gasteiger charge is 2.37. The van der Waals surface area contributed by atoms with E-state index < -0.39 is 29.5 Å².